The maximum absolute atomic E-state index is 7.10. The molecule has 0 fully saturated rings. The summed E-state index contributed by atoms with van der Waals surface area (Å²) in [7, 11) is 0. The SMILES string of the molecule is c1ccc(-c2ccc(-c3cc(N(c4ccc(-c5ccccc5)cc4)c4ccc(-c5ccccc5)cc4)cc4oc5c6ccccc6c(-c6ccccc6)cc5c34)cc2)cc1. The van der Waals surface area contributed by atoms with Crippen LogP contribution < -0.4 is 4.90 Å². The lowest BCUT2D eigenvalue weighted by molar-refractivity contribution is 0.673. The summed E-state index contributed by atoms with van der Waals surface area (Å²) in [5, 5.41) is 4.47. The van der Waals surface area contributed by atoms with E-state index in [9.17, 15) is 0 Å². The van der Waals surface area contributed by atoms with Crippen molar-refractivity contribution >= 4 is 49.8 Å². The average molecular weight is 766 g/mol. The van der Waals surface area contributed by atoms with Gasteiger partial charge in [0, 0.05) is 33.6 Å². The van der Waals surface area contributed by atoms with Gasteiger partial charge in [-0.3, -0.25) is 0 Å². The first-order valence-corrected chi connectivity index (χ1v) is 20.5. The summed E-state index contributed by atoms with van der Waals surface area (Å²) in [4.78, 5) is 2.35. The molecule has 0 amide bonds. The Kier molecular flexibility index (Phi) is 8.87. The molecule has 0 unspecified atom stereocenters. The van der Waals surface area contributed by atoms with E-state index < -0.39 is 0 Å². The second-order valence-electron chi connectivity index (χ2n) is 15.3. The van der Waals surface area contributed by atoms with Gasteiger partial charge < -0.3 is 9.32 Å². The van der Waals surface area contributed by atoms with Crippen LogP contribution in [0.1, 0.15) is 0 Å². The fraction of sp³-hybridized carbons (Fsp3) is 0. The van der Waals surface area contributed by atoms with Crippen LogP contribution in [0.3, 0.4) is 0 Å². The van der Waals surface area contributed by atoms with Gasteiger partial charge in [-0.05, 0) is 97.4 Å². The second kappa shape index (κ2) is 15.1. The molecular weight excluding hydrogens is 727 g/mol. The molecule has 0 spiro atoms. The van der Waals surface area contributed by atoms with E-state index in [0.29, 0.717) is 0 Å². The Hall–Kier alpha value is -7.94. The Labute approximate surface area is 349 Å². The molecule has 0 radical (unpaired) electrons. The Balaban J connectivity index is 1.16. The first kappa shape index (κ1) is 35.2. The molecule has 0 saturated heterocycles. The molecule has 0 N–H and O–H groups in total. The highest BCUT2D eigenvalue weighted by Crippen LogP contribution is 2.47. The lowest BCUT2D eigenvalue weighted by Crippen LogP contribution is -2.10. The van der Waals surface area contributed by atoms with Crippen LogP contribution in [-0.2, 0) is 0 Å². The molecular formula is C58H39NO. The highest BCUT2D eigenvalue weighted by molar-refractivity contribution is 6.22. The van der Waals surface area contributed by atoms with Crippen molar-refractivity contribution < 1.29 is 4.42 Å². The standard InChI is InChI=1S/C58H39NO/c1-5-15-40(16-6-1)43-25-27-47(28-26-43)54-37-50(38-56-57(54)55-39-53(46-21-11-4-12-22-46)51-23-13-14-24-52(51)58(55)60-56)59(48-33-29-44(30-34-48)41-17-7-2-8-18-41)49-35-31-45(32-36-49)42-19-9-3-10-20-42/h1-39H. The van der Waals surface area contributed by atoms with Gasteiger partial charge in [-0.2, -0.15) is 0 Å². The molecule has 0 aliphatic rings. The van der Waals surface area contributed by atoms with E-state index in [4.69, 9.17) is 4.42 Å². The summed E-state index contributed by atoms with van der Waals surface area (Å²) < 4.78 is 7.10. The predicted molar refractivity (Wildman–Crippen MR) is 253 cm³/mol. The number of hydrogen-bond acceptors (Lipinski definition) is 2. The summed E-state index contributed by atoms with van der Waals surface area (Å²) in [5.74, 6) is 0. The third kappa shape index (κ3) is 6.41. The monoisotopic (exact) mass is 765 g/mol. The van der Waals surface area contributed by atoms with Crippen molar-refractivity contribution in [3.05, 3.63) is 237 Å². The van der Waals surface area contributed by atoms with Crippen LogP contribution in [0, 0.1) is 0 Å². The molecule has 0 saturated carbocycles. The molecule has 10 aromatic carbocycles. The van der Waals surface area contributed by atoms with Crippen LogP contribution in [0.25, 0.3) is 88.3 Å². The summed E-state index contributed by atoms with van der Waals surface area (Å²) in [6, 6.07) is 84.7. The number of rotatable bonds is 8. The molecule has 0 aliphatic carbocycles. The molecule has 0 aliphatic heterocycles. The Bertz CT molecular complexity index is 3160. The minimum absolute atomic E-state index is 0.840. The molecule has 282 valence electrons. The minimum atomic E-state index is 0.840. The van der Waals surface area contributed by atoms with Crippen molar-refractivity contribution in [2.45, 2.75) is 0 Å². The third-order valence-corrected chi connectivity index (χ3v) is 11.7. The van der Waals surface area contributed by atoms with Crippen molar-refractivity contribution in [1.82, 2.24) is 0 Å². The van der Waals surface area contributed by atoms with Crippen LogP contribution in [0.15, 0.2) is 241 Å². The first-order chi connectivity index (χ1) is 29.7. The van der Waals surface area contributed by atoms with Crippen LogP contribution in [0.4, 0.5) is 17.1 Å². The summed E-state index contributed by atoms with van der Waals surface area (Å²) in [6.45, 7) is 0. The van der Waals surface area contributed by atoms with Gasteiger partial charge in [0.1, 0.15) is 11.2 Å². The lowest BCUT2D eigenvalue weighted by Gasteiger charge is -2.27. The average Bonchev–Trinajstić information content (AvgIpc) is 3.71. The molecule has 11 rings (SSSR count). The van der Waals surface area contributed by atoms with Crippen LogP contribution in [0.5, 0.6) is 0 Å². The van der Waals surface area contributed by atoms with Crippen molar-refractivity contribution in [3.63, 3.8) is 0 Å². The zero-order valence-corrected chi connectivity index (χ0v) is 32.9. The second-order valence-corrected chi connectivity index (χ2v) is 15.3. The van der Waals surface area contributed by atoms with Crippen LogP contribution in [0.2, 0.25) is 0 Å². The first-order valence-electron chi connectivity index (χ1n) is 20.5. The van der Waals surface area contributed by atoms with E-state index in [0.717, 1.165) is 55.5 Å². The van der Waals surface area contributed by atoms with E-state index in [-0.39, 0.29) is 0 Å². The quantitative estimate of drug-likeness (QED) is 0.153. The van der Waals surface area contributed by atoms with Crippen LogP contribution >= 0.6 is 0 Å². The number of benzene rings is 10. The van der Waals surface area contributed by atoms with E-state index in [1.807, 2.05) is 0 Å². The van der Waals surface area contributed by atoms with Crippen molar-refractivity contribution in [1.29, 1.82) is 0 Å². The summed E-state index contributed by atoms with van der Waals surface area (Å²) >= 11 is 0. The van der Waals surface area contributed by atoms with Gasteiger partial charge in [-0.25, -0.2) is 0 Å². The number of hydrogen-bond donors (Lipinski definition) is 0. The van der Waals surface area contributed by atoms with Gasteiger partial charge in [0.15, 0.2) is 0 Å². The highest BCUT2D eigenvalue weighted by atomic mass is 16.3. The maximum atomic E-state index is 7.10. The largest absolute Gasteiger partial charge is 0.455 e. The lowest BCUT2D eigenvalue weighted by atomic mass is 9.92. The number of furan rings is 1. The molecule has 2 nitrogen and oxygen atoms in total. The highest BCUT2D eigenvalue weighted by Gasteiger charge is 2.22. The van der Waals surface area contributed by atoms with Crippen molar-refractivity contribution in [2.75, 3.05) is 4.90 Å². The fourth-order valence-electron chi connectivity index (χ4n) is 8.71. The zero-order chi connectivity index (χ0) is 39.8. The molecule has 11 aromatic rings. The van der Waals surface area contributed by atoms with Crippen molar-refractivity contribution in [2.24, 2.45) is 0 Å². The fourth-order valence-corrected chi connectivity index (χ4v) is 8.71. The van der Waals surface area contributed by atoms with E-state index in [1.54, 1.807) is 0 Å². The van der Waals surface area contributed by atoms with Gasteiger partial charge in [0.2, 0.25) is 0 Å². The van der Waals surface area contributed by atoms with E-state index >= 15 is 0 Å². The van der Waals surface area contributed by atoms with Gasteiger partial charge in [0.05, 0.1) is 5.69 Å². The van der Waals surface area contributed by atoms with Gasteiger partial charge >= 0.3 is 0 Å². The van der Waals surface area contributed by atoms with E-state index in [1.165, 1.54) is 49.9 Å². The molecule has 0 bridgehead atoms. The Morgan fingerprint density at radius 1 is 0.267 bits per heavy atom. The molecule has 0 atom stereocenters. The third-order valence-electron chi connectivity index (χ3n) is 11.7. The Morgan fingerprint density at radius 3 is 1.15 bits per heavy atom. The smallest absolute Gasteiger partial charge is 0.143 e. The molecule has 2 heteroatoms. The summed E-state index contributed by atoms with van der Waals surface area (Å²) in [6.07, 6.45) is 0. The number of fused-ring (bicyclic) bond motifs is 5. The molecule has 1 aromatic heterocycles. The summed E-state index contributed by atoms with van der Waals surface area (Å²) in [5.41, 5.74) is 16.6. The van der Waals surface area contributed by atoms with Crippen molar-refractivity contribution in [3.8, 4) is 55.6 Å². The van der Waals surface area contributed by atoms with Gasteiger partial charge in [0.25, 0.3) is 0 Å². The molecule has 1 heterocycles. The topological polar surface area (TPSA) is 16.4 Å². The Morgan fingerprint density at radius 2 is 0.650 bits per heavy atom. The van der Waals surface area contributed by atoms with Gasteiger partial charge in [-0.1, -0.05) is 194 Å². The minimum Gasteiger partial charge on any atom is -0.455 e. The molecule has 60 heavy (non-hydrogen) atoms. The van der Waals surface area contributed by atoms with Crippen LogP contribution in [-0.4, -0.2) is 0 Å². The van der Waals surface area contributed by atoms with Gasteiger partial charge in [-0.15, -0.1) is 0 Å². The maximum Gasteiger partial charge on any atom is 0.143 e. The zero-order valence-electron chi connectivity index (χ0n) is 32.9. The predicted octanol–water partition coefficient (Wildman–Crippen LogP) is 16.5. The number of anilines is 3. The number of nitrogens with zero attached hydrogens (tertiary/aromatic N) is 1. The van der Waals surface area contributed by atoms with E-state index in [2.05, 4.69) is 241 Å². The normalized spacial score (nSPS) is 11.3.